The maximum atomic E-state index is 10.3. The highest BCUT2D eigenvalue weighted by molar-refractivity contribution is 4.88. The Morgan fingerprint density at radius 2 is 2.14 bits per heavy atom. The standard InChI is InChI=1S/C11H21NO2/c1-10-3-2-6-12(10)9-11(13)4-7-14-8-5-11/h10,13H,2-9H2,1H3. The monoisotopic (exact) mass is 199 g/mol. The molecule has 2 heterocycles. The third-order valence-electron chi connectivity index (χ3n) is 3.61. The Bertz CT molecular complexity index is 190. The second-order valence-electron chi connectivity index (χ2n) is 4.80. The zero-order valence-corrected chi connectivity index (χ0v) is 9.04. The summed E-state index contributed by atoms with van der Waals surface area (Å²) in [6.45, 7) is 5.70. The fourth-order valence-electron chi connectivity index (χ4n) is 2.52. The summed E-state index contributed by atoms with van der Waals surface area (Å²) < 4.78 is 5.28. The normalized spacial score (nSPS) is 33.4. The first-order valence-electron chi connectivity index (χ1n) is 5.74. The van der Waals surface area contributed by atoms with Crippen molar-refractivity contribution in [3.63, 3.8) is 0 Å². The second-order valence-corrected chi connectivity index (χ2v) is 4.80. The summed E-state index contributed by atoms with van der Waals surface area (Å²) in [4.78, 5) is 2.42. The minimum atomic E-state index is -0.475. The summed E-state index contributed by atoms with van der Waals surface area (Å²) >= 11 is 0. The average Bonchev–Trinajstić information content (AvgIpc) is 2.52. The van der Waals surface area contributed by atoms with E-state index in [0.717, 1.165) is 39.1 Å². The lowest BCUT2D eigenvalue weighted by molar-refractivity contribution is -0.0807. The molecule has 1 atom stereocenters. The van der Waals surface area contributed by atoms with Crippen LogP contribution >= 0.6 is 0 Å². The van der Waals surface area contributed by atoms with Gasteiger partial charge in [-0.25, -0.2) is 0 Å². The van der Waals surface area contributed by atoms with E-state index in [1.165, 1.54) is 12.8 Å². The van der Waals surface area contributed by atoms with Gasteiger partial charge >= 0.3 is 0 Å². The van der Waals surface area contributed by atoms with Crippen molar-refractivity contribution in [2.24, 2.45) is 0 Å². The molecule has 0 aromatic rings. The van der Waals surface area contributed by atoms with E-state index in [9.17, 15) is 5.11 Å². The van der Waals surface area contributed by atoms with Crippen molar-refractivity contribution in [1.29, 1.82) is 0 Å². The second kappa shape index (κ2) is 4.17. The first kappa shape index (κ1) is 10.4. The molecule has 2 fully saturated rings. The van der Waals surface area contributed by atoms with Gasteiger partial charge in [0, 0.05) is 38.6 Å². The highest BCUT2D eigenvalue weighted by Gasteiger charge is 2.34. The van der Waals surface area contributed by atoms with Crippen molar-refractivity contribution in [3.8, 4) is 0 Å². The first-order chi connectivity index (χ1) is 6.70. The summed E-state index contributed by atoms with van der Waals surface area (Å²) in [7, 11) is 0. The molecule has 0 aromatic heterocycles. The van der Waals surface area contributed by atoms with Crippen molar-refractivity contribution in [3.05, 3.63) is 0 Å². The largest absolute Gasteiger partial charge is 0.388 e. The van der Waals surface area contributed by atoms with E-state index in [-0.39, 0.29) is 0 Å². The van der Waals surface area contributed by atoms with E-state index < -0.39 is 5.60 Å². The van der Waals surface area contributed by atoms with E-state index >= 15 is 0 Å². The van der Waals surface area contributed by atoms with Crippen molar-refractivity contribution in [1.82, 2.24) is 4.90 Å². The van der Waals surface area contributed by atoms with Crippen LogP contribution in [-0.2, 0) is 4.74 Å². The lowest BCUT2D eigenvalue weighted by Gasteiger charge is -2.36. The SMILES string of the molecule is CC1CCCN1CC1(O)CCOCC1. The molecule has 0 saturated carbocycles. The molecule has 0 radical (unpaired) electrons. The van der Waals surface area contributed by atoms with Crippen molar-refractivity contribution >= 4 is 0 Å². The van der Waals surface area contributed by atoms with Gasteiger partial charge in [0.15, 0.2) is 0 Å². The predicted octanol–water partition coefficient (Wildman–Crippen LogP) is 1.01. The van der Waals surface area contributed by atoms with Crippen LogP contribution in [0.3, 0.4) is 0 Å². The molecule has 2 aliphatic rings. The van der Waals surface area contributed by atoms with E-state index in [1.54, 1.807) is 0 Å². The Balaban J connectivity index is 1.88. The Hall–Kier alpha value is -0.120. The lowest BCUT2D eigenvalue weighted by Crippen LogP contribution is -2.47. The zero-order valence-electron chi connectivity index (χ0n) is 9.04. The van der Waals surface area contributed by atoms with Gasteiger partial charge < -0.3 is 9.84 Å². The van der Waals surface area contributed by atoms with Crippen LogP contribution in [0.2, 0.25) is 0 Å². The highest BCUT2D eigenvalue weighted by Crippen LogP contribution is 2.25. The van der Waals surface area contributed by atoms with Crippen molar-refractivity contribution < 1.29 is 9.84 Å². The molecule has 82 valence electrons. The third-order valence-corrected chi connectivity index (χ3v) is 3.61. The van der Waals surface area contributed by atoms with Crippen LogP contribution in [0.25, 0.3) is 0 Å². The smallest absolute Gasteiger partial charge is 0.0818 e. The molecular formula is C11H21NO2. The average molecular weight is 199 g/mol. The van der Waals surface area contributed by atoms with Crippen LogP contribution in [0.1, 0.15) is 32.6 Å². The third kappa shape index (κ3) is 2.27. The molecule has 2 aliphatic heterocycles. The van der Waals surface area contributed by atoms with Gasteiger partial charge in [-0.2, -0.15) is 0 Å². The molecule has 3 heteroatoms. The Morgan fingerprint density at radius 1 is 1.43 bits per heavy atom. The maximum Gasteiger partial charge on any atom is 0.0818 e. The van der Waals surface area contributed by atoms with E-state index in [1.807, 2.05) is 0 Å². The zero-order chi connectivity index (χ0) is 10.0. The molecule has 2 rings (SSSR count). The van der Waals surface area contributed by atoms with E-state index in [4.69, 9.17) is 4.74 Å². The van der Waals surface area contributed by atoms with Gasteiger partial charge in [-0.1, -0.05) is 0 Å². The Labute approximate surface area is 86.0 Å². The van der Waals surface area contributed by atoms with Crippen LogP contribution < -0.4 is 0 Å². The topological polar surface area (TPSA) is 32.7 Å². The van der Waals surface area contributed by atoms with Gasteiger partial charge in [0.25, 0.3) is 0 Å². The van der Waals surface area contributed by atoms with E-state index in [0.29, 0.717) is 6.04 Å². The highest BCUT2D eigenvalue weighted by atomic mass is 16.5. The van der Waals surface area contributed by atoms with Gasteiger partial charge in [-0.3, -0.25) is 4.90 Å². The van der Waals surface area contributed by atoms with Crippen molar-refractivity contribution in [2.45, 2.75) is 44.2 Å². The number of hydrogen-bond acceptors (Lipinski definition) is 3. The molecule has 1 N–H and O–H groups in total. The fourth-order valence-corrected chi connectivity index (χ4v) is 2.52. The number of nitrogens with zero attached hydrogens (tertiary/aromatic N) is 1. The van der Waals surface area contributed by atoms with Crippen molar-refractivity contribution in [2.75, 3.05) is 26.3 Å². The number of hydrogen-bond donors (Lipinski definition) is 1. The number of ether oxygens (including phenoxy) is 1. The van der Waals surface area contributed by atoms with Gasteiger partial charge in [-0.15, -0.1) is 0 Å². The lowest BCUT2D eigenvalue weighted by atomic mass is 9.93. The minimum absolute atomic E-state index is 0.475. The summed E-state index contributed by atoms with van der Waals surface area (Å²) in [6.07, 6.45) is 4.17. The molecule has 14 heavy (non-hydrogen) atoms. The quantitative estimate of drug-likeness (QED) is 0.720. The van der Waals surface area contributed by atoms with E-state index in [2.05, 4.69) is 11.8 Å². The molecule has 0 spiro atoms. The van der Waals surface area contributed by atoms with Crippen LogP contribution in [0.5, 0.6) is 0 Å². The Morgan fingerprint density at radius 3 is 2.71 bits per heavy atom. The molecule has 0 aromatic carbocycles. The predicted molar refractivity (Wildman–Crippen MR) is 55.3 cm³/mol. The van der Waals surface area contributed by atoms with Crippen LogP contribution in [-0.4, -0.2) is 48.0 Å². The van der Waals surface area contributed by atoms with Gasteiger partial charge in [-0.05, 0) is 26.3 Å². The Kier molecular flexibility index (Phi) is 3.10. The van der Waals surface area contributed by atoms with Crippen LogP contribution in [0, 0.1) is 0 Å². The number of rotatable bonds is 2. The van der Waals surface area contributed by atoms with Crippen LogP contribution in [0.15, 0.2) is 0 Å². The molecule has 1 unspecified atom stereocenters. The molecule has 3 nitrogen and oxygen atoms in total. The molecule has 0 amide bonds. The molecule has 0 aliphatic carbocycles. The van der Waals surface area contributed by atoms with Crippen LogP contribution in [0.4, 0.5) is 0 Å². The number of aliphatic hydroxyl groups is 1. The summed E-state index contributed by atoms with van der Waals surface area (Å²) in [5.41, 5.74) is -0.475. The van der Waals surface area contributed by atoms with Gasteiger partial charge in [0.2, 0.25) is 0 Å². The number of β-amino-alcohol motifs (C(OH)–C–C–N with tert-alkyl or cyclic N) is 1. The molecule has 0 bridgehead atoms. The molecular weight excluding hydrogens is 178 g/mol. The molecule has 2 saturated heterocycles. The maximum absolute atomic E-state index is 10.3. The first-order valence-corrected chi connectivity index (χ1v) is 5.74. The van der Waals surface area contributed by atoms with Gasteiger partial charge in [0.1, 0.15) is 0 Å². The summed E-state index contributed by atoms with van der Waals surface area (Å²) in [5, 5.41) is 10.3. The minimum Gasteiger partial charge on any atom is -0.388 e. The fraction of sp³-hybridized carbons (Fsp3) is 1.00. The summed E-state index contributed by atoms with van der Waals surface area (Å²) in [6, 6.07) is 0.655. The summed E-state index contributed by atoms with van der Waals surface area (Å²) in [5.74, 6) is 0. The van der Waals surface area contributed by atoms with Gasteiger partial charge in [0.05, 0.1) is 5.60 Å². The number of likely N-dealkylation sites (tertiary alicyclic amines) is 1.